The lowest BCUT2D eigenvalue weighted by Crippen LogP contribution is -2.44. The molecular formula is C24H30N4O6S2. The molecule has 2 heterocycles. The molecule has 10 nitrogen and oxygen atoms in total. The number of aromatic nitrogens is 2. The molecule has 2 aromatic heterocycles. The van der Waals surface area contributed by atoms with E-state index in [0.717, 1.165) is 0 Å². The van der Waals surface area contributed by atoms with Crippen LogP contribution in [0.5, 0.6) is 0 Å². The van der Waals surface area contributed by atoms with Crippen molar-refractivity contribution in [3.63, 3.8) is 0 Å². The highest BCUT2D eigenvalue weighted by molar-refractivity contribution is 7.98. The number of nitrogens with one attached hydrogen (secondary N) is 2. The summed E-state index contributed by atoms with van der Waals surface area (Å²) >= 11 is 2.77. The summed E-state index contributed by atoms with van der Waals surface area (Å²) in [7, 11) is 0. The first-order chi connectivity index (χ1) is 17.4. The van der Waals surface area contributed by atoms with Crippen molar-refractivity contribution in [3.8, 4) is 11.4 Å². The molecule has 0 spiro atoms. The van der Waals surface area contributed by atoms with Gasteiger partial charge >= 0.3 is 11.9 Å². The van der Waals surface area contributed by atoms with Gasteiger partial charge in [0.25, 0.3) is 11.8 Å². The van der Waals surface area contributed by atoms with Crippen molar-refractivity contribution in [2.75, 3.05) is 37.2 Å². The Bertz CT molecular complexity index is 985. The maximum atomic E-state index is 13.2. The van der Waals surface area contributed by atoms with Gasteiger partial charge in [-0.1, -0.05) is 0 Å². The van der Waals surface area contributed by atoms with E-state index in [9.17, 15) is 19.2 Å². The monoisotopic (exact) mass is 534 g/mol. The highest BCUT2D eigenvalue weighted by atomic mass is 32.2. The van der Waals surface area contributed by atoms with Gasteiger partial charge in [0.15, 0.2) is 0 Å². The molecule has 36 heavy (non-hydrogen) atoms. The molecular weight excluding hydrogens is 504 g/mol. The number of amides is 2. The van der Waals surface area contributed by atoms with Crippen LogP contribution in [0, 0.1) is 0 Å². The van der Waals surface area contributed by atoms with E-state index in [1.165, 1.54) is 48.1 Å². The molecule has 2 atom stereocenters. The SMILES string of the molecule is CCOC(=O)C(CSC)NC(=O)c1cccnc1-c1ncccc1C(=O)NC(CSC)C(=O)OCC. The summed E-state index contributed by atoms with van der Waals surface area (Å²) in [6.45, 7) is 3.75. The normalized spacial score (nSPS) is 12.2. The summed E-state index contributed by atoms with van der Waals surface area (Å²) in [5.74, 6) is -1.56. The Hall–Kier alpha value is -3.12. The number of thioether (sulfide) groups is 2. The highest BCUT2D eigenvalue weighted by Gasteiger charge is 2.27. The zero-order valence-electron chi connectivity index (χ0n) is 20.6. The number of pyridine rings is 2. The molecule has 0 aromatic carbocycles. The molecule has 0 fully saturated rings. The second-order valence-corrected chi connectivity index (χ2v) is 9.09. The van der Waals surface area contributed by atoms with Crippen molar-refractivity contribution in [1.82, 2.24) is 20.6 Å². The first-order valence-electron chi connectivity index (χ1n) is 11.2. The summed E-state index contributed by atoms with van der Waals surface area (Å²) in [6.07, 6.45) is 6.57. The molecule has 0 saturated carbocycles. The second kappa shape index (κ2) is 15.1. The van der Waals surface area contributed by atoms with E-state index < -0.39 is 35.8 Å². The van der Waals surface area contributed by atoms with Crippen LogP contribution in [0.15, 0.2) is 36.7 Å². The predicted molar refractivity (Wildman–Crippen MR) is 140 cm³/mol. The van der Waals surface area contributed by atoms with E-state index in [0.29, 0.717) is 11.5 Å². The molecule has 0 aliphatic heterocycles. The van der Waals surface area contributed by atoms with Crippen molar-refractivity contribution in [2.45, 2.75) is 25.9 Å². The Balaban J connectivity index is 2.39. The Kier molecular flexibility index (Phi) is 12.2. The van der Waals surface area contributed by atoms with Crippen LogP contribution in [0.3, 0.4) is 0 Å². The van der Waals surface area contributed by atoms with Crippen LogP contribution in [0.2, 0.25) is 0 Å². The number of nitrogens with zero attached hydrogens (tertiary/aromatic N) is 2. The van der Waals surface area contributed by atoms with Gasteiger partial charge in [0, 0.05) is 23.9 Å². The van der Waals surface area contributed by atoms with E-state index in [2.05, 4.69) is 20.6 Å². The molecule has 0 radical (unpaired) electrons. The number of esters is 2. The first-order valence-corrected chi connectivity index (χ1v) is 14.0. The molecule has 0 aliphatic rings. The van der Waals surface area contributed by atoms with Gasteiger partial charge in [-0.2, -0.15) is 23.5 Å². The van der Waals surface area contributed by atoms with Crippen molar-refractivity contribution in [2.24, 2.45) is 0 Å². The van der Waals surface area contributed by atoms with Gasteiger partial charge in [0.2, 0.25) is 0 Å². The molecule has 2 aromatic rings. The first kappa shape index (κ1) is 29.1. The number of carbonyl (C=O) groups excluding carboxylic acids is 4. The number of hydrogen-bond acceptors (Lipinski definition) is 10. The zero-order valence-corrected chi connectivity index (χ0v) is 22.2. The summed E-state index contributed by atoms with van der Waals surface area (Å²) in [5.41, 5.74) is 0.577. The topological polar surface area (TPSA) is 137 Å². The van der Waals surface area contributed by atoms with Gasteiger partial charge in [-0.05, 0) is 50.6 Å². The fraction of sp³-hybridized carbons (Fsp3) is 0.417. The van der Waals surface area contributed by atoms with Crippen LogP contribution in [-0.2, 0) is 19.1 Å². The minimum atomic E-state index is -0.858. The molecule has 0 bridgehead atoms. The zero-order chi connectivity index (χ0) is 26.5. The van der Waals surface area contributed by atoms with Gasteiger partial charge in [-0.15, -0.1) is 0 Å². The smallest absolute Gasteiger partial charge is 0.329 e. The highest BCUT2D eigenvalue weighted by Crippen LogP contribution is 2.23. The van der Waals surface area contributed by atoms with Crippen LogP contribution in [-0.4, -0.2) is 83.0 Å². The summed E-state index contributed by atoms with van der Waals surface area (Å²) in [4.78, 5) is 59.5. The second-order valence-electron chi connectivity index (χ2n) is 7.27. The molecule has 0 aliphatic carbocycles. The van der Waals surface area contributed by atoms with Crippen molar-refractivity contribution >= 4 is 47.3 Å². The predicted octanol–water partition coefficient (Wildman–Crippen LogP) is 2.19. The minimum absolute atomic E-state index is 0.131. The Morgan fingerprint density at radius 2 is 1.17 bits per heavy atom. The van der Waals surface area contributed by atoms with Crippen LogP contribution >= 0.6 is 23.5 Å². The van der Waals surface area contributed by atoms with Gasteiger partial charge < -0.3 is 20.1 Å². The third kappa shape index (κ3) is 7.95. The lowest BCUT2D eigenvalue weighted by Gasteiger charge is -2.18. The molecule has 0 saturated heterocycles. The molecule has 2 rings (SSSR count). The average molecular weight is 535 g/mol. The Labute approximate surface area is 218 Å². The molecule has 12 heteroatoms. The molecule has 194 valence electrons. The lowest BCUT2D eigenvalue weighted by atomic mass is 10.0. The summed E-state index contributed by atoms with van der Waals surface area (Å²) < 4.78 is 10.1. The molecule has 2 N–H and O–H groups in total. The van der Waals surface area contributed by atoms with Gasteiger partial charge in [0.05, 0.1) is 24.3 Å². The van der Waals surface area contributed by atoms with Crippen LogP contribution in [0.4, 0.5) is 0 Å². The lowest BCUT2D eigenvalue weighted by molar-refractivity contribution is -0.145. The van der Waals surface area contributed by atoms with E-state index in [1.54, 1.807) is 26.0 Å². The molecule has 2 amide bonds. The van der Waals surface area contributed by atoms with Gasteiger partial charge in [-0.3, -0.25) is 19.6 Å². The van der Waals surface area contributed by atoms with Crippen molar-refractivity contribution < 1.29 is 28.7 Å². The maximum absolute atomic E-state index is 13.2. The third-order valence-electron chi connectivity index (χ3n) is 4.75. The number of hydrogen-bond donors (Lipinski definition) is 2. The fourth-order valence-corrected chi connectivity index (χ4v) is 4.29. The third-order valence-corrected chi connectivity index (χ3v) is 6.08. The minimum Gasteiger partial charge on any atom is -0.464 e. The largest absolute Gasteiger partial charge is 0.464 e. The number of rotatable bonds is 13. The van der Waals surface area contributed by atoms with Gasteiger partial charge in [-0.25, -0.2) is 9.59 Å². The number of carbonyl (C=O) groups is 4. The molecule has 2 unspecified atom stereocenters. The van der Waals surface area contributed by atoms with E-state index >= 15 is 0 Å². The standard InChI is InChI=1S/C24H30N4O6S2/c1-5-33-23(31)17(13-35-3)27-21(29)15-9-7-11-25-19(15)20-16(10-8-12-26-20)22(30)28-18(14-36-4)24(32)34-6-2/h7-12,17-18H,5-6,13-14H2,1-4H3,(H,27,29)(H,28,30). The van der Waals surface area contributed by atoms with Crippen molar-refractivity contribution in [1.29, 1.82) is 0 Å². The average Bonchev–Trinajstić information content (AvgIpc) is 2.88. The van der Waals surface area contributed by atoms with E-state index in [-0.39, 0.29) is 35.7 Å². The van der Waals surface area contributed by atoms with E-state index in [1.807, 2.05) is 12.5 Å². The summed E-state index contributed by atoms with van der Waals surface area (Å²) in [6, 6.07) is 4.50. The Morgan fingerprint density at radius 3 is 1.50 bits per heavy atom. The fourth-order valence-electron chi connectivity index (χ4n) is 3.18. The summed E-state index contributed by atoms with van der Waals surface area (Å²) in [5, 5.41) is 5.38. The van der Waals surface area contributed by atoms with Crippen LogP contribution in [0.1, 0.15) is 34.6 Å². The quantitative estimate of drug-likeness (QED) is 0.368. The number of ether oxygens (including phenoxy) is 2. The van der Waals surface area contributed by atoms with Crippen LogP contribution < -0.4 is 10.6 Å². The van der Waals surface area contributed by atoms with Crippen molar-refractivity contribution in [3.05, 3.63) is 47.8 Å². The van der Waals surface area contributed by atoms with Gasteiger partial charge in [0.1, 0.15) is 23.5 Å². The van der Waals surface area contributed by atoms with Crippen LogP contribution in [0.25, 0.3) is 11.4 Å². The van der Waals surface area contributed by atoms with E-state index in [4.69, 9.17) is 9.47 Å². The Morgan fingerprint density at radius 1 is 0.778 bits per heavy atom. The maximum Gasteiger partial charge on any atom is 0.329 e.